The first kappa shape index (κ1) is 15.9. The molecule has 2 N–H and O–H groups in total. The summed E-state index contributed by atoms with van der Waals surface area (Å²) < 4.78 is 0. The van der Waals surface area contributed by atoms with Gasteiger partial charge >= 0.3 is 0 Å². The Labute approximate surface area is 149 Å². The summed E-state index contributed by atoms with van der Waals surface area (Å²) in [6.45, 7) is 4.06. The molecule has 0 fully saturated rings. The van der Waals surface area contributed by atoms with Gasteiger partial charge in [-0.05, 0) is 47.2 Å². The van der Waals surface area contributed by atoms with Crippen LogP contribution >= 0.6 is 0 Å². The molecule has 0 aliphatic carbocycles. The number of hydrogen-bond donors (Lipinski definition) is 1. The van der Waals surface area contributed by atoms with Gasteiger partial charge in [0.2, 0.25) is 0 Å². The first-order valence-electron chi connectivity index (χ1n) is 8.81. The summed E-state index contributed by atoms with van der Waals surface area (Å²) in [5.74, 6) is 1.04. The Morgan fingerprint density at radius 1 is 1.00 bits per heavy atom. The van der Waals surface area contributed by atoms with Gasteiger partial charge in [-0.25, -0.2) is 4.98 Å². The van der Waals surface area contributed by atoms with Gasteiger partial charge < -0.3 is 10.6 Å². The SMILES string of the molecule is Cc1cc(N2CCc3ccccc3C2)ncc1[C@@H](N)c1ccccc1. The average molecular weight is 329 g/mol. The molecule has 25 heavy (non-hydrogen) atoms. The van der Waals surface area contributed by atoms with Crippen LogP contribution in [0, 0.1) is 6.92 Å². The van der Waals surface area contributed by atoms with Crippen molar-refractivity contribution in [3.8, 4) is 0 Å². The zero-order chi connectivity index (χ0) is 17.2. The van der Waals surface area contributed by atoms with Gasteiger partial charge in [-0.3, -0.25) is 0 Å². The molecule has 0 saturated heterocycles. The average Bonchev–Trinajstić information content (AvgIpc) is 2.67. The minimum absolute atomic E-state index is 0.134. The van der Waals surface area contributed by atoms with E-state index in [-0.39, 0.29) is 6.04 Å². The Bertz CT molecular complexity index is 873. The summed E-state index contributed by atoms with van der Waals surface area (Å²) in [5, 5.41) is 0. The molecule has 0 amide bonds. The van der Waals surface area contributed by atoms with E-state index >= 15 is 0 Å². The van der Waals surface area contributed by atoms with E-state index in [1.165, 1.54) is 16.7 Å². The van der Waals surface area contributed by atoms with Gasteiger partial charge in [0.1, 0.15) is 5.82 Å². The van der Waals surface area contributed by atoms with E-state index in [1.54, 1.807) is 0 Å². The van der Waals surface area contributed by atoms with Crippen molar-refractivity contribution in [2.24, 2.45) is 5.73 Å². The molecule has 1 atom stereocenters. The highest BCUT2D eigenvalue weighted by molar-refractivity contribution is 5.48. The molecular formula is C22H23N3. The number of nitrogens with zero attached hydrogens (tertiary/aromatic N) is 2. The van der Waals surface area contributed by atoms with E-state index in [1.807, 2.05) is 24.4 Å². The van der Waals surface area contributed by atoms with Crippen LogP contribution in [0.3, 0.4) is 0 Å². The van der Waals surface area contributed by atoms with E-state index in [2.05, 4.69) is 54.3 Å². The standard InChI is InChI=1S/C22H23N3/c1-16-13-21(25-12-11-17-7-5-6-10-19(17)15-25)24-14-20(16)22(23)18-8-3-2-4-9-18/h2-10,13-14,22H,11-12,15,23H2,1H3/t22-/m0/s1. The molecule has 0 saturated carbocycles. The van der Waals surface area contributed by atoms with E-state index < -0.39 is 0 Å². The van der Waals surface area contributed by atoms with Crippen molar-refractivity contribution in [1.29, 1.82) is 0 Å². The Morgan fingerprint density at radius 2 is 1.72 bits per heavy atom. The topological polar surface area (TPSA) is 42.2 Å². The van der Waals surface area contributed by atoms with Crippen molar-refractivity contribution in [3.05, 3.63) is 94.7 Å². The number of nitrogens with two attached hydrogens (primary N) is 1. The van der Waals surface area contributed by atoms with Crippen LogP contribution in [0.1, 0.15) is 33.9 Å². The third-order valence-electron chi connectivity index (χ3n) is 5.09. The monoisotopic (exact) mass is 329 g/mol. The Kier molecular flexibility index (Phi) is 4.24. The van der Waals surface area contributed by atoms with Crippen LogP contribution < -0.4 is 10.6 Å². The smallest absolute Gasteiger partial charge is 0.129 e. The minimum atomic E-state index is -0.134. The second kappa shape index (κ2) is 6.69. The van der Waals surface area contributed by atoms with E-state index in [9.17, 15) is 0 Å². The van der Waals surface area contributed by atoms with Crippen LogP contribution in [0.15, 0.2) is 66.9 Å². The number of aromatic nitrogens is 1. The predicted octanol–water partition coefficient (Wildman–Crippen LogP) is 4.00. The lowest BCUT2D eigenvalue weighted by molar-refractivity contribution is 0.718. The fourth-order valence-corrected chi connectivity index (χ4v) is 3.58. The lowest BCUT2D eigenvalue weighted by Gasteiger charge is -2.30. The van der Waals surface area contributed by atoms with Gasteiger partial charge in [0.05, 0.1) is 6.04 Å². The number of aryl methyl sites for hydroxylation is 1. The van der Waals surface area contributed by atoms with Crippen LogP contribution in [-0.4, -0.2) is 11.5 Å². The molecule has 0 unspecified atom stereocenters. The van der Waals surface area contributed by atoms with Gasteiger partial charge in [-0.15, -0.1) is 0 Å². The van der Waals surface area contributed by atoms with Gasteiger partial charge in [0.15, 0.2) is 0 Å². The van der Waals surface area contributed by atoms with Gasteiger partial charge in [0.25, 0.3) is 0 Å². The molecule has 2 heterocycles. The molecule has 4 rings (SSSR count). The number of anilines is 1. The second-order valence-corrected chi connectivity index (χ2v) is 6.73. The number of fused-ring (bicyclic) bond motifs is 1. The van der Waals surface area contributed by atoms with Gasteiger partial charge in [-0.2, -0.15) is 0 Å². The van der Waals surface area contributed by atoms with Crippen LogP contribution in [0.2, 0.25) is 0 Å². The summed E-state index contributed by atoms with van der Waals surface area (Å²) in [6.07, 6.45) is 3.02. The largest absolute Gasteiger partial charge is 0.352 e. The number of hydrogen-bond acceptors (Lipinski definition) is 3. The molecule has 0 bridgehead atoms. The first-order valence-corrected chi connectivity index (χ1v) is 8.81. The van der Waals surface area contributed by atoms with Crippen molar-refractivity contribution in [3.63, 3.8) is 0 Å². The summed E-state index contributed by atoms with van der Waals surface area (Å²) in [6, 6.07) is 20.9. The summed E-state index contributed by atoms with van der Waals surface area (Å²) >= 11 is 0. The third-order valence-corrected chi connectivity index (χ3v) is 5.09. The molecule has 1 aliphatic rings. The van der Waals surface area contributed by atoms with Crippen molar-refractivity contribution in [1.82, 2.24) is 4.98 Å². The molecule has 0 radical (unpaired) electrons. The zero-order valence-corrected chi connectivity index (χ0v) is 14.5. The molecule has 3 heteroatoms. The van der Waals surface area contributed by atoms with Crippen LogP contribution in [0.25, 0.3) is 0 Å². The van der Waals surface area contributed by atoms with E-state index in [0.717, 1.165) is 36.5 Å². The summed E-state index contributed by atoms with van der Waals surface area (Å²) in [5.41, 5.74) is 12.7. The maximum absolute atomic E-state index is 6.46. The maximum atomic E-state index is 6.46. The van der Waals surface area contributed by atoms with Crippen molar-refractivity contribution >= 4 is 5.82 Å². The zero-order valence-electron chi connectivity index (χ0n) is 14.5. The number of rotatable bonds is 3. The Balaban J connectivity index is 1.58. The van der Waals surface area contributed by atoms with Crippen molar-refractivity contribution in [2.75, 3.05) is 11.4 Å². The van der Waals surface area contributed by atoms with E-state index in [4.69, 9.17) is 10.7 Å². The molecule has 126 valence electrons. The van der Waals surface area contributed by atoms with Crippen LogP contribution in [0.5, 0.6) is 0 Å². The minimum Gasteiger partial charge on any atom is -0.352 e. The van der Waals surface area contributed by atoms with Crippen molar-refractivity contribution in [2.45, 2.75) is 25.9 Å². The normalized spacial score (nSPS) is 14.9. The van der Waals surface area contributed by atoms with Gasteiger partial charge in [0, 0.05) is 19.3 Å². The number of pyridine rings is 1. The quantitative estimate of drug-likeness (QED) is 0.790. The molecule has 3 nitrogen and oxygen atoms in total. The van der Waals surface area contributed by atoms with Crippen LogP contribution in [0.4, 0.5) is 5.82 Å². The highest BCUT2D eigenvalue weighted by Crippen LogP contribution is 2.27. The maximum Gasteiger partial charge on any atom is 0.129 e. The fourth-order valence-electron chi connectivity index (χ4n) is 3.58. The Hall–Kier alpha value is -2.65. The predicted molar refractivity (Wildman–Crippen MR) is 103 cm³/mol. The molecule has 3 aromatic rings. The number of benzene rings is 2. The molecular weight excluding hydrogens is 306 g/mol. The molecule has 1 aromatic heterocycles. The van der Waals surface area contributed by atoms with Gasteiger partial charge in [-0.1, -0.05) is 54.6 Å². The highest BCUT2D eigenvalue weighted by atomic mass is 15.2. The second-order valence-electron chi connectivity index (χ2n) is 6.73. The summed E-state index contributed by atoms with van der Waals surface area (Å²) in [7, 11) is 0. The third kappa shape index (κ3) is 3.15. The fraction of sp³-hybridized carbons (Fsp3) is 0.227. The molecule has 2 aromatic carbocycles. The highest BCUT2D eigenvalue weighted by Gasteiger charge is 2.19. The first-order chi connectivity index (χ1) is 12.2. The van der Waals surface area contributed by atoms with Crippen LogP contribution in [-0.2, 0) is 13.0 Å². The summed E-state index contributed by atoms with van der Waals surface area (Å²) in [4.78, 5) is 7.08. The molecule has 0 spiro atoms. The lowest BCUT2D eigenvalue weighted by atomic mass is 9.97. The van der Waals surface area contributed by atoms with E-state index in [0.29, 0.717) is 0 Å². The molecule has 1 aliphatic heterocycles. The Morgan fingerprint density at radius 3 is 2.48 bits per heavy atom. The lowest BCUT2D eigenvalue weighted by Crippen LogP contribution is -2.31. The van der Waals surface area contributed by atoms with Crippen molar-refractivity contribution < 1.29 is 0 Å².